The minimum atomic E-state index is -0.442. The van der Waals surface area contributed by atoms with Gasteiger partial charge in [-0.15, -0.1) is 11.8 Å². The second-order valence-corrected chi connectivity index (χ2v) is 7.34. The van der Waals surface area contributed by atoms with Crippen molar-refractivity contribution in [3.8, 4) is 0 Å². The maximum atomic E-state index is 13.0. The Hall–Kier alpha value is -1.20. The predicted molar refractivity (Wildman–Crippen MR) is 95.8 cm³/mol. The standard InChI is InChI=1S/C17H23ClN2O2S/c1-4-11(3)19-16(21)14-10-23-15(5-2)20(14)17(22)12-8-6-7-9-13(12)18/h6-9,11,14-15H,4-5,10H2,1-3H3,(H,19,21). The Bertz CT molecular complexity index is 581. The van der Waals surface area contributed by atoms with Crippen LogP contribution in [-0.4, -0.2) is 39.9 Å². The fourth-order valence-electron chi connectivity index (χ4n) is 2.57. The van der Waals surface area contributed by atoms with Gasteiger partial charge < -0.3 is 10.2 Å². The number of hydrogen-bond acceptors (Lipinski definition) is 3. The first-order chi connectivity index (χ1) is 11.0. The van der Waals surface area contributed by atoms with E-state index in [0.717, 1.165) is 12.8 Å². The highest BCUT2D eigenvalue weighted by Crippen LogP contribution is 2.33. The lowest BCUT2D eigenvalue weighted by atomic mass is 10.1. The zero-order valence-corrected chi connectivity index (χ0v) is 15.3. The van der Waals surface area contributed by atoms with Crippen LogP contribution in [0.3, 0.4) is 0 Å². The molecule has 3 atom stereocenters. The van der Waals surface area contributed by atoms with E-state index < -0.39 is 6.04 Å². The van der Waals surface area contributed by atoms with E-state index in [1.54, 1.807) is 40.9 Å². The largest absolute Gasteiger partial charge is 0.352 e. The fraction of sp³-hybridized carbons (Fsp3) is 0.529. The number of halogens is 1. The molecule has 6 heteroatoms. The van der Waals surface area contributed by atoms with Crippen molar-refractivity contribution in [2.24, 2.45) is 0 Å². The smallest absolute Gasteiger partial charge is 0.256 e. The number of hydrogen-bond donors (Lipinski definition) is 1. The first kappa shape index (κ1) is 18.1. The van der Waals surface area contributed by atoms with E-state index in [1.807, 2.05) is 20.8 Å². The van der Waals surface area contributed by atoms with Gasteiger partial charge in [-0.05, 0) is 31.9 Å². The van der Waals surface area contributed by atoms with E-state index in [0.29, 0.717) is 16.3 Å². The molecule has 0 radical (unpaired) electrons. The van der Waals surface area contributed by atoms with E-state index in [4.69, 9.17) is 11.6 Å². The van der Waals surface area contributed by atoms with Crippen LogP contribution in [0.5, 0.6) is 0 Å². The van der Waals surface area contributed by atoms with Crippen molar-refractivity contribution in [3.05, 3.63) is 34.9 Å². The molecule has 1 saturated heterocycles. The number of carbonyl (C=O) groups is 2. The van der Waals surface area contributed by atoms with Crippen LogP contribution in [0.1, 0.15) is 44.0 Å². The van der Waals surface area contributed by atoms with Crippen molar-refractivity contribution < 1.29 is 9.59 Å². The van der Waals surface area contributed by atoms with Crippen molar-refractivity contribution in [1.29, 1.82) is 0 Å². The molecular weight excluding hydrogens is 332 g/mol. The van der Waals surface area contributed by atoms with E-state index in [-0.39, 0.29) is 23.2 Å². The zero-order valence-electron chi connectivity index (χ0n) is 13.7. The molecule has 126 valence electrons. The van der Waals surface area contributed by atoms with E-state index in [2.05, 4.69) is 5.32 Å². The monoisotopic (exact) mass is 354 g/mol. The van der Waals surface area contributed by atoms with Crippen molar-refractivity contribution in [3.63, 3.8) is 0 Å². The topological polar surface area (TPSA) is 49.4 Å². The highest BCUT2D eigenvalue weighted by atomic mass is 35.5. The maximum Gasteiger partial charge on any atom is 0.256 e. The van der Waals surface area contributed by atoms with Gasteiger partial charge in [-0.3, -0.25) is 9.59 Å². The summed E-state index contributed by atoms with van der Waals surface area (Å²) in [6, 6.07) is 6.66. The van der Waals surface area contributed by atoms with Gasteiger partial charge in [-0.25, -0.2) is 0 Å². The molecule has 2 rings (SSSR count). The van der Waals surface area contributed by atoms with Crippen LogP contribution in [0.25, 0.3) is 0 Å². The van der Waals surface area contributed by atoms with Gasteiger partial charge in [0.1, 0.15) is 6.04 Å². The Morgan fingerprint density at radius 2 is 2.09 bits per heavy atom. The average molecular weight is 355 g/mol. The minimum absolute atomic E-state index is 0.00598. The average Bonchev–Trinajstić information content (AvgIpc) is 2.98. The number of carbonyl (C=O) groups excluding carboxylic acids is 2. The Morgan fingerprint density at radius 3 is 2.70 bits per heavy atom. The van der Waals surface area contributed by atoms with Gasteiger partial charge in [0.2, 0.25) is 5.91 Å². The summed E-state index contributed by atoms with van der Waals surface area (Å²) in [7, 11) is 0. The molecule has 1 heterocycles. The molecule has 1 aromatic carbocycles. The minimum Gasteiger partial charge on any atom is -0.352 e. The number of thioether (sulfide) groups is 1. The molecule has 4 nitrogen and oxygen atoms in total. The van der Waals surface area contributed by atoms with Crippen molar-refractivity contribution >= 4 is 35.2 Å². The first-order valence-electron chi connectivity index (χ1n) is 7.98. The molecule has 3 unspecified atom stereocenters. The van der Waals surface area contributed by atoms with E-state index >= 15 is 0 Å². The molecule has 1 aliphatic rings. The summed E-state index contributed by atoms with van der Waals surface area (Å²) in [4.78, 5) is 27.2. The molecule has 0 aliphatic carbocycles. The molecule has 1 aliphatic heterocycles. The van der Waals surface area contributed by atoms with Gasteiger partial charge in [0.05, 0.1) is 16.0 Å². The molecule has 0 saturated carbocycles. The van der Waals surface area contributed by atoms with Crippen LogP contribution in [0.2, 0.25) is 5.02 Å². The van der Waals surface area contributed by atoms with E-state index in [9.17, 15) is 9.59 Å². The molecule has 1 fully saturated rings. The number of rotatable bonds is 5. The summed E-state index contributed by atoms with van der Waals surface area (Å²) in [5.41, 5.74) is 0.455. The van der Waals surface area contributed by atoms with Gasteiger partial charge in [-0.1, -0.05) is 37.6 Å². The van der Waals surface area contributed by atoms with Gasteiger partial charge in [0.15, 0.2) is 0 Å². The Kier molecular flexibility index (Phi) is 6.36. The normalized spacial score (nSPS) is 22.0. The molecule has 23 heavy (non-hydrogen) atoms. The quantitative estimate of drug-likeness (QED) is 0.879. The molecule has 1 N–H and O–H groups in total. The lowest BCUT2D eigenvalue weighted by molar-refractivity contribution is -0.125. The van der Waals surface area contributed by atoms with Crippen LogP contribution >= 0.6 is 23.4 Å². The second-order valence-electron chi connectivity index (χ2n) is 5.72. The summed E-state index contributed by atoms with van der Waals surface area (Å²) in [6.45, 7) is 6.02. The van der Waals surface area contributed by atoms with Gasteiger partial charge in [0, 0.05) is 11.8 Å². The number of benzene rings is 1. The van der Waals surface area contributed by atoms with Crippen LogP contribution in [0, 0.1) is 0 Å². The highest BCUT2D eigenvalue weighted by molar-refractivity contribution is 8.00. The van der Waals surface area contributed by atoms with Crippen LogP contribution < -0.4 is 5.32 Å². The summed E-state index contributed by atoms with van der Waals surface area (Å²) >= 11 is 7.82. The predicted octanol–water partition coefficient (Wildman–Crippen LogP) is 3.55. The van der Waals surface area contributed by atoms with Crippen molar-refractivity contribution in [2.45, 2.75) is 51.1 Å². The fourth-order valence-corrected chi connectivity index (χ4v) is 4.14. The van der Waals surface area contributed by atoms with Crippen molar-refractivity contribution in [2.75, 3.05) is 5.75 Å². The Labute approximate surface area is 146 Å². The number of amides is 2. The number of nitrogens with zero attached hydrogens (tertiary/aromatic N) is 1. The summed E-state index contributed by atoms with van der Waals surface area (Å²) in [5, 5.41) is 3.42. The Balaban J connectivity index is 2.25. The molecule has 0 spiro atoms. The third-order valence-electron chi connectivity index (χ3n) is 4.08. The number of nitrogens with one attached hydrogen (secondary N) is 1. The molecular formula is C17H23ClN2O2S. The van der Waals surface area contributed by atoms with Crippen LogP contribution in [0.15, 0.2) is 24.3 Å². The maximum absolute atomic E-state index is 13.0. The van der Waals surface area contributed by atoms with Gasteiger partial charge in [0.25, 0.3) is 5.91 Å². The lowest BCUT2D eigenvalue weighted by Gasteiger charge is -2.29. The first-order valence-corrected chi connectivity index (χ1v) is 9.41. The summed E-state index contributed by atoms with van der Waals surface area (Å²) < 4.78 is 0. The van der Waals surface area contributed by atoms with Crippen molar-refractivity contribution in [1.82, 2.24) is 10.2 Å². The summed E-state index contributed by atoms with van der Waals surface area (Å²) in [6.07, 6.45) is 1.66. The lowest BCUT2D eigenvalue weighted by Crippen LogP contribution is -2.51. The molecule has 2 amide bonds. The molecule has 0 aromatic heterocycles. The third kappa shape index (κ3) is 4.01. The summed E-state index contributed by atoms with van der Waals surface area (Å²) in [5.74, 6) is 0.372. The molecule has 1 aromatic rings. The SMILES string of the molecule is CCC(C)NC(=O)C1CSC(CC)N1C(=O)c1ccccc1Cl. The highest BCUT2D eigenvalue weighted by Gasteiger charge is 2.41. The van der Waals surface area contributed by atoms with Gasteiger partial charge >= 0.3 is 0 Å². The van der Waals surface area contributed by atoms with Gasteiger partial charge in [-0.2, -0.15) is 0 Å². The second kappa shape index (κ2) is 8.06. The Morgan fingerprint density at radius 1 is 1.39 bits per heavy atom. The van der Waals surface area contributed by atoms with E-state index in [1.165, 1.54) is 0 Å². The van der Waals surface area contributed by atoms with Crippen LogP contribution in [0.4, 0.5) is 0 Å². The molecule has 0 bridgehead atoms. The zero-order chi connectivity index (χ0) is 17.0. The third-order valence-corrected chi connectivity index (χ3v) is 5.87. The van der Waals surface area contributed by atoms with Crippen LogP contribution in [-0.2, 0) is 4.79 Å².